The number of aromatic nitrogens is 3. The van der Waals surface area contributed by atoms with Crippen molar-refractivity contribution in [2.45, 2.75) is 51.2 Å². The zero-order valence-electron chi connectivity index (χ0n) is 18.1. The molecule has 0 bridgehead atoms. The minimum absolute atomic E-state index is 0.120. The highest BCUT2D eigenvalue weighted by Crippen LogP contribution is 2.31. The van der Waals surface area contributed by atoms with Crippen molar-refractivity contribution in [2.75, 3.05) is 6.54 Å². The zero-order chi connectivity index (χ0) is 22.9. The summed E-state index contributed by atoms with van der Waals surface area (Å²) in [5.41, 5.74) is 2.98. The molecule has 10 heteroatoms. The van der Waals surface area contributed by atoms with Gasteiger partial charge >= 0.3 is 5.97 Å². The third-order valence-electron chi connectivity index (χ3n) is 5.37. The van der Waals surface area contributed by atoms with Crippen LogP contribution in [0.1, 0.15) is 35.4 Å². The first-order chi connectivity index (χ1) is 15.3. The van der Waals surface area contributed by atoms with Crippen LogP contribution < -0.4 is 0 Å². The molecule has 3 heterocycles. The number of aryl methyl sites for hydroxylation is 3. The summed E-state index contributed by atoms with van der Waals surface area (Å²) < 4.78 is 38.5. The standard InChI is InChI=1S/C22H24N4O5S/c1-14-10-15(2)20(16(3)11-14)32(28,29)26-9-5-7-18(26)22(27)30-13-19-24-21(25-31-19)17-6-4-8-23-12-17/h4,6,8,10-12,18H,5,7,9,13H2,1-3H3. The van der Waals surface area contributed by atoms with Gasteiger partial charge in [-0.1, -0.05) is 22.9 Å². The lowest BCUT2D eigenvalue weighted by atomic mass is 10.1. The van der Waals surface area contributed by atoms with Crippen LogP contribution in [0.15, 0.2) is 46.1 Å². The Kier molecular flexibility index (Phi) is 6.07. The van der Waals surface area contributed by atoms with Gasteiger partial charge in [0.25, 0.3) is 5.89 Å². The van der Waals surface area contributed by atoms with Crippen LogP contribution >= 0.6 is 0 Å². The maximum absolute atomic E-state index is 13.4. The van der Waals surface area contributed by atoms with E-state index in [9.17, 15) is 13.2 Å². The number of ether oxygens (including phenoxy) is 1. The molecule has 1 unspecified atom stereocenters. The molecule has 1 fully saturated rings. The maximum Gasteiger partial charge on any atom is 0.324 e. The Morgan fingerprint density at radius 2 is 2.00 bits per heavy atom. The van der Waals surface area contributed by atoms with Crippen LogP contribution in [0.3, 0.4) is 0 Å². The summed E-state index contributed by atoms with van der Waals surface area (Å²) in [6.07, 6.45) is 4.20. The number of esters is 1. The molecule has 2 aromatic heterocycles. The van der Waals surface area contributed by atoms with Gasteiger partial charge in [-0.25, -0.2) is 8.42 Å². The lowest BCUT2D eigenvalue weighted by Crippen LogP contribution is -2.41. The van der Waals surface area contributed by atoms with Gasteiger partial charge in [0.1, 0.15) is 6.04 Å². The molecule has 1 aromatic carbocycles. The van der Waals surface area contributed by atoms with E-state index in [-0.39, 0.29) is 23.9 Å². The van der Waals surface area contributed by atoms with Gasteiger partial charge in [0.15, 0.2) is 6.61 Å². The minimum Gasteiger partial charge on any atom is -0.454 e. The number of nitrogens with zero attached hydrogens (tertiary/aromatic N) is 4. The normalized spacial score (nSPS) is 16.9. The molecule has 0 saturated carbocycles. The van der Waals surface area contributed by atoms with E-state index in [4.69, 9.17) is 9.26 Å². The molecule has 1 aliphatic rings. The van der Waals surface area contributed by atoms with Crippen molar-refractivity contribution in [1.29, 1.82) is 0 Å². The molecule has 0 radical (unpaired) electrons. The first-order valence-electron chi connectivity index (χ1n) is 10.3. The lowest BCUT2D eigenvalue weighted by Gasteiger charge is -2.24. The Morgan fingerprint density at radius 1 is 1.25 bits per heavy atom. The second-order valence-corrected chi connectivity index (χ2v) is 9.69. The highest BCUT2D eigenvalue weighted by atomic mass is 32.2. The molecular weight excluding hydrogens is 432 g/mol. The Balaban J connectivity index is 1.48. The number of carbonyl (C=O) groups is 1. The Morgan fingerprint density at radius 3 is 2.69 bits per heavy atom. The highest BCUT2D eigenvalue weighted by Gasteiger charge is 2.41. The molecule has 0 spiro atoms. The van der Waals surface area contributed by atoms with Gasteiger partial charge in [0.05, 0.1) is 4.90 Å². The van der Waals surface area contributed by atoms with Crippen LogP contribution in [0, 0.1) is 20.8 Å². The molecular formula is C22H24N4O5S. The second kappa shape index (κ2) is 8.79. The van der Waals surface area contributed by atoms with Crippen LogP contribution in [0.4, 0.5) is 0 Å². The molecule has 0 amide bonds. The number of sulfonamides is 1. The monoisotopic (exact) mass is 456 g/mol. The van der Waals surface area contributed by atoms with Crippen molar-refractivity contribution in [3.63, 3.8) is 0 Å². The fraction of sp³-hybridized carbons (Fsp3) is 0.364. The fourth-order valence-corrected chi connectivity index (χ4v) is 6.17. The van der Waals surface area contributed by atoms with Crippen molar-refractivity contribution in [2.24, 2.45) is 0 Å². The first kappa shape index (κ1) is 22.1. The van der Waals surface area contributed by atoms with Crippen molar-refractivity contribution in [3.05, 3.63) is 59.2 Å². The number of rotatable bonds is 6. The fourth-order valence-electron chi connectivity index (χ4n) is 4.11. The van der Waals surface area contributed by atoms with E-state index in [0.29, 0.717) is 35.4 Å². The van der Waals surface area contributed by atoms with Gasteiger partial charge in [-0.2, -0.15) is 9.29 Å². The Labute approximate surface area is 186 Å². The van der Waals surface area contributed by atoms with Crippen molar-refractivity contribution in [1.82, 2.24) is 19.4 Å². The van der Waals surface area contributed by atoms with E-state index in [1.807, 2.05) is 19.1 Å². The predicted octanol–water partition coefficient (Wildman–Crippen LogP) is 2.95. The van der Waals surface area contributed by atoms with E-state index < -0.39 is 22.0 Å². The summed E-state index contributed by atoms with van der Waals surface area (Å²) in [6.45, 7) is 5.49. The predicted molar refractivity (Wildman–Crippen MR) is 115 cm³/mol. The Hall–Kier alpha value is -3.11. The van der Waals surface area contributed by atoms with Gasteiger partial charge in [-0.3, -0.25) is 9.78 Å². The smallest absolute Gasteiger partial charge is 0.324 e. The minimum atomic E-state index is -3.85. The first-order valence-corrected chi connectivity index (χ1v) is 11.7. The number of carbonyl (C=O) groups excluding carboxylic acids is 1. The van der Waals surface area contributed by atoms with Gasteiger partial charge in [-0.15, -0.1) is 0 Å². The third kappa shape index (κ3) is 4.28. The van der Waals surface area contributed by atoms with Gasteiger partial charge in [0.2, 0.25) is 15.8 Å². The number of hydrogen-bond donors (Lipinski definition) is 0. The number of hydrogen-bond acceptors (Lipinski definition) is 8. The summed E-state index contributed by atoms with van der Waals surface area (Å²) in [7, 11) is -3.85. The van der Waals surface area contributed by atoms with Crippen LogP contribution in [-0.4, -0.2) is 46.4 Å². The maximum atomic E-state index is 13.4. The van der Waals surface area contributed by atoms with Crippen LogP contribution in [0.5, 0.6) is 0 Å². The van der Waals surface area contributed by atoms with Crippen molar-refractivity contribution >= 4 is 16.0 Å². The summed E-state index contributed by atoms with van der Waals surface area (Å²) >= 11 is 0. The van der Waals surface area contributed by atoms with Crippen molar-refractivity contribution in [3.8, 4) is 11.4 Å². The molecule has 168 valence electrons. The van der Waals surface area contributed by atoms with Crippen LogP contribution in [0.2, 0.25) is 0 Å². The summed E-state index contributed by atoms with van der Waals surface area (Å²) in [4.78, 5) is 21.2. The number of pyridine rings is 1. The van der Waals surface area contributed by atoms with E-state index in [2.05, 4.69) is 15.1 Å². The molecule has 0 N–H and O–H groups in total. The zero-order valence-corrected chi connectivity index (χ0v) is 18.9. The van der Waals surface area contributed by atoms with E-state index in [1.165, 1.54) is 4.31 Å². The molecule has 4 rings (SSSR count). The van der Waals surface area contributed by atoms with Gasteiger partial charge in [0, 0.05) is 24.5 Å². The van der Waals surface area contributed by atoms with Crippen LogP contribution in [0.25, 0.3) is 11.4 Å². The molecule has 1 saturated heterocycles. The molecule has 1 aliphatic heterocycles. The molecule has 9 nitrogen and oxygen atoms in total. The van der Waals surface area contributed by atoms with E-state index >= 15 is 0 Å². The van der Waals surface area contributed by atoms with Gasteiger partial charge in [-0.05, 0) is 56.9 Å². The quantitative estimate of drug-likeness (QED) is 0.520. The molecule has 1 atom stereocenters. The summed E-state index contributed by atoms with van der Waals surface area (Å²) in [6, 6.07) is 6.31. The largest absolute Gasteiger partial charge is 0.454 e. The SMILES string of the molecule is Cc1cc(C)c(S(=O)(=O)N2CCCC2C(=O)OCc2nc(-c3cccnc3)no2)c(C)c1. The molecule has 0 aliphatic carbocycles. The average molecular weight is 457 g/mol. The average Bonchev–Trinajstić information content (AvgIpc) is 3.42. The van der Waals surface area contributed by atoms with E-state index in [0.717, 1.165) is 5.56 Å². The lowest BCUT2D eigenvalue weighted by molar-refractivity contribution is -0.149. The van der Waals surface area contributed by atoms with Crippen LogP contribution in [-0.2, 0) is 26.2 Å². The number of benzene rings is 1. The molecule has 32 heavy (non-hydrogen) atoms. The third-order valence-corrected chi connectivity index (χ3v) is 7.59. The molecule has 3 aromatic rings. The summed E-state index contributed by atoms with van der Waals surface area (Å²) in [5.74, 6) is -0.177. The Bertz CT molecular complexity index is 1220. The van der Waals surface area contributed by atoms with Crippen molar-refractivity contribution < 1.29 is 22.5 Å². The van der Waals surface area contributed by atoms with Gasteiger partial charge < -0.3 is 9.26 Å². The summed E-state index contributed by atoms with van der Waals surface area (Å²) in [5, 5.41) is 3.86. The second-order valence-electron chi connectivity index (χ2n) is 7.86. The van der Waals surface area contributed by atoms with E-state index in [1.54, 1.807) is 38.4 Å². The topological polar surface area (TPSA) is 115 Å². The highest BCUT2D eigenvalue weighted by molar-refractivity contribution is 7.89.